The largest absolute Gasteiger partial charge is 0.378 e. The molecule has 2 aromatic heterocycles. The van der Waals surface area contributed by atoms with Crippen LogP contribution in [-0.4, -0.2) is 47.2 Å². The molecule has 0 aliphatic carbocycles. The van der Waals surface area contributed by atoms with E-state index in [1.165, 1.54) is 0 Å². The van der Waals surface area contributed by atoms with Crippen LogP contribution in [0.5, 0.6) is 0 Å². The fraction of sp³-hybridized carbons (Fsp3) is 0.200. The maximum Gasteiger partial charge on any atom is 0.248 e. The molecule has 3 aromatic rings. The van der Waals surface area contributed by atoms with Crippen LogP contribution in [0.1, 0.15) is 10.4 Å². The van der Waals surface area contributed by atoms with Crippen molar-refractivity contribution in [2.75, 3.05) is 36.5 Å². The molecule has 8 nitrogen and oxygen atoms in total. The quantitative estimate of drug-likeness (QED) is 0.703. The SMILES string of the molecule is NC(=O)c1ccc(Nc2nccc(-c3cncc(N4CCOCC4)c3)n2)cc1. The molecule has 1 amide bonds. The Balaban J connectivity index is 1.54. The fourth-order valence-corrected chi connectivity index (χ4v) is 2.99. The topological polar surface area (TPSA) is 106 Å². The highest BCUT2D eigenvalue weighted by Crippen LogP contribution is 2.24. The molecule has 8 heteroatoms. The summed E-state index contributed by atoms with van der Waals surface area (Å²) in [6.45, 7) is 3.15. The van der Waals surface area contributed by atoms with Gasteiger partial charge in [-0.2, -0.15) is 0 Å². The van der Waals surface area contributed by atoms with Crippen LogP contribution in [0.3, 0.4) is 0 Å². The summed E-state index contributed by atoms with van der Waals surface area (Å²) in [7, 11) is 0. The van der Waals surface area contributed by atoms with Gasteiger partial charge in [-0.05, 0) is 36.4 Å². The van der Waals surface area contributed by atoms with Crippen molar-refractivity contribution in [2.24, 2.45) is 5.73 Å². The van der Waals surface area contributed by atoms with Crippen LogP contribution in [0.2, 0.25) is 0 Å². The van der Waals surface area contributed by atoms with Gasteiger partial charge in [-0.1, -0.05) is 0 Å². The Morgan fingerprint density at radius 2 is 1.89 bits per heavy atom. The average Bonchev–Trinajstić information content (AvgIpc) is 2.75. The van der Waals surface area contributed by atoms with E-state index >= 15 is 0 Å². The Kier molecular flexibility index (Phi) is 5.11. The molecule has 0 saturated carbocycles. The minimum Gasteiger partial charge on any atom is -0.378 e. The Bertz CT molecular complexity index is 970. The van der Waals surface area contributed by atoms with Crippen LogP contribution in [0.15, 0.2) is 55.0 Å². The number of primary amides is 1. The normalized spacial score (nSPS) is 13.9. The molecule has 1 aromatic carbocycles. The Morgan fingerprint density at radius 1 is 1.11 bits per heavy atom. The maximum atomic E-state index is 11.2. The molecular weight excluding hydrogens is 356 g/mol. The molecule has 142 valence electrons. The molecular formula is C20H20N6O2. The number of anilines is 3. The van der Waals surface area contributed by atoms with Gasteiger partial charge in [0.2, 0.25) is 11.9 Å². The molecule has 4 rings (SSSR count). The van der Waals surface area contributed by atoms with Crippen LogP contribution >= 0.6 is 0 Å². The first kappa shape index (κ1) is 17.9. The lowest BCUT2D eigenvalue weighted by molar-refractivity contribution is 0.100. The highest BCUT2D eigenvalue weighted by Gasteiger charge is 2.13. The summed E-state index contributed by atoms with van der Waals surface area (Å²) in [5.74, 6) is -0.00134. The Labute approximate surface area is 162 Å². The van der Waals surface area contributed by atoms with Crippen LogP contribution in [-0.2, 0) is 4.74 Å². The Hall–Kier alpha value is -3.52. The number of amides is 1. The number of rotatable bonds is 5. The van der Waals surface area contributed by atoms with E-state index in [4.69, 9.17) is 10.5 Å². The first-order valence-electron chi connectivity index (χ1n) is 8.97. The third-order valence-electron chi connectivity index (χ3n) is 4.48. The molecule has 1 aliphatic rings. The zero-order valence-corrected chi connectivity index (χ0v) is 15.2. The number of morpholine rings is 1. The molecule has 3 heterocycles. The van der Waals surface area contributed by atoms with Crippen molar-refractivity contribution in [2.45, 2.75) is 0 Å². The van der Waals surface area contributed by atoms with Crippen LogP contribution in [0, 0.1) is 0 Å². The van der Waals surface area contributed by atoms with Gasteiger partial charge in [0.15, 0.2) is 0 Å². The molecule has 28 heavy (non-hydrogen) atoms. The summed E-state index contributed by atoms with van der Waals surface area (Å²) in [5, 5.41) is 3.14. The lowest BCUT2D eigenvalue weighted by atomic mass is 10.2. The van der Waals surface area contributed by atoms with Crippen LogP contribution in [0.25, 0.3) is 11.3 Å². The second-order valence-electron chi connectivity index (χ2n) is 6.36. The van der Waals surface area contributed by atoms with E-state index in [0.717, 1.165) is 48.9 Å². The number of aromatic nitrogens is 3. The molecule has 3 N–H and O–H groups in total. The van der Waals surface area contributed by atoms with Gasteiger partial charge in [-0.3, -0.25) is 9.78 Å². The number of hydrogen-bond acceptors (Lipinski definition) is 7. The third-order valence-corrected chi connectivity index (χ3v) is 4.48. The molecule has 1 saturated heterocycles. The minimum atomic E-state index is -0.461. The fourth-order valence-electron chi connectivity index (χ4n) is 2.99. The van der Waals surface area contributed by atoms with Gasteiger partial charge in [-0.25, -0.2) is 9.97 Å². The van der Waals surface area contributed by atoms with Crippen molar-refractivity contribution in [1.29, 1.82) is 0 Å². The van der Waals surface area contributed by atoms with Gasteiger partial charge in [-0.15, -0.1) is 0 Å². The van der Waals surface area contributed by atoms with Crippen molar-refractivity contribution >= 4 is 23.2 Å². The van der Waals surface area contributed by atoms with Crippen LogP contribution in [0.4, 0.5) is 17.3 Å². The zero-order chi connectivity index (χ0) is 19.3. The summed E-state index contributed by atoms with van der Waals surface area (Å²) >= 11 is 0. The first-order valence-corrected chi connectivity index (χ1v) is 8.97. The van der Waals surface area contributed by atoms with Gasteiger partial charge in [0.1, 0.15) is 0 Å². The van der Waals surface area contributed by atoms with E-state index in [9.17, 15) is 4.79 Å². The van der Waals surface area contributed by atoms with E-state index in [-0.39, 0.29) is 0 Å². The van der Waals surface area contributed by atoms with Crippen LogP contribution < -0.4 is 16.0 Å². The summed E-state index contributed by atoms with van der Waals surface area (Å²) in [6, 6.07) is 10.8. The summed E-state index contributed by atoms with van der Waals surface area (Å²) in [4.78, 5) is 26.6. The maximum absolute atomic E-state index is 11.2. The van der Waals surface area contributed by atoms with E-state index in [1.54, 1.807) is 36.7 Å². The minimum absolute atomic E-state index is 0.450. The molecule has 0 unspecified atom stereocenters. The lowest BCUT2D eigenvalue weighted by Gasteiger charge is -2.28. The number of nitrogens with one attached hydrogen (secondary N) is 1. The molecule has 1 aliphatic heterocycles. The predicted molar refractivity (Wildman–Crippen MR) is 107 cm³/mol. The second-order valence-corrected chi connectivity index (χ2v) is 6.36. The number of hydrogen-bond donors (Lipinski definition) is 2. The van der Waals surface area contributed by atoms with Gasteiger partial charge < -0.3 is 20.7 Å². The molecule has 0 spiro atoms. The predicted octanol–water partition coefficient (Wildman–Crippen LogP) is 2.22. The van der Waals surface area contributed by atoms with Crippen molar-refractivity contribution in [3.05, 3.63) is 60.6 Å². The molecule has 0 radical (unpaired) electrons. The first-order chi connectivity index (χ1) is 13.7. The van der Waals surface area contributed by atoms with Gasteiger partial charge in [0.25, 0.3) is 0 Å². The van der Waals surface area contributed by atoms with Crippen molar-refractivity contribution in [1.82, 2.24) is 15.0 Å². The van der Waals surface area contributed by atoms with Crippen molar-refractivity contribution in [3.8, 4) is 11.3 Å². The number of nitrogens with two attached hydrogens (primary N) is 1. The van der Waals surface area contributed by atoms with Gasteiger partial charge >= 0.3 is 0 Å². The summed E-state index contributed by atoms with van der Waals surface area (Å²) in [5.41, 5.74) is 9.22. The summed E-state index contributed by atoms with van der Waals surface area (Å²) in [6.07, 6.45) is 5.34. The Morgan fingerprint density at radius 3 is 2.64 bits per heavy atom. The number of benzene rings is 1. The van der Waals surface area contributed by atoms with E-state index < -0.39 is 5.91 Å². The molecule has 0 bridgehead atoms. The molecule has 0 atom stereocenters. The average molecular weight is 376 g/mol. The number of nitrogens with zero attached hydrogens (tertiary/aromatic N) is 4. The van der Waals surface area contributed by atoms with Crippen molar-refractivity contribution < 1.29 is 9.53 Å². The number of carbonyl (C=O) groups is 1. The van der Waals surface area contributed by atoms with E-state index in [0.29, 0.717) is 11.5 Å². The molecule has 1 fully saturated rings. The van der Waals surface area contributed by atoms with E-state index in [1.807, 2.05) is 12.3 Å². The highest BCUT2D eigenvalue weighted by molar-refractivity contribution is 5.93. The number of pyridine rings is 1. The lowest BCUT2D eigenvalue weighted by Crippen LogP contribution is -2.36. The summed E-state index contributed by atoms with van der Waals surface area (Å²) < 4.78 is 5.41. The standard InChI is InChI=1S/C20H20N6O2/c21-19(27)14-1-3-16(4-2-14)24-20-23-6-5-18(25-20)15-11-17(13-22-12-15)26-7-9-28-10-8-26/h1-6,11-13H,7-10H2,(H2,21,27)(H,23,24,25). The van der Waals surface area contributed by atoms with Gasteiger partial charge in [0, 0.05) is 42.3 Å². The third kappa shape index (κ3) is 4.07. The smallest absolute Gasteiger partial charge is 0.248 e. The van der Waals surface area contributed by atoms with E-state index in [2.05, 4.69) is 31.2 Å². The number of ether oxygens (including phenoxy) is 1. The van der Waals surface area contributed by atoms with Crippen molar-refractivity contribution in [3.63, 3.8) is 0 Å². The second kappa shape index (κ2) is 8.01. The number of carbonyl (C=O) groups excluding carboxylic acids is 1. The zero-order valence-electron chi connectivity index (χ0n) is 15.2. The van der Waals surface area contributed by atoms with Gasteiger partial charge in [0.05, 0.1) is 30.8 Å². The highest BCUT2D eigenvalue weighted by atomic mass is 16.5. The monoisotopic (exact) mass is 376 g/mol.